The van der Waals surface area contributed by atoms with Gasteiger partial charge in [0.05, 0.1) is 0 Å². The second-order valence-corrected chi connectivity index (χ2v) is 7.09. The van der Waals surface area contributed by atoms with Gasteiger partial charge in [0.15, 0.2) is 11.1 Å². The van der Waals surface area contributed by atoms with Crippen LogP contribution in [-0.4, -0.2) is 48.6 Å². The number of thiazole rings is 1. The average Bonchev–Trinajstić information content (AvgIpc) is 3.06. The topological polar surface area (TPSA) is 57.8 Å². The maximum atomic E-state index is 6.19. The Morgan fingerprint density at radius 1 is 1.38 bits per heavy atom. The van der Waals surface area contributed by atoms with E-state index in [4.69, 9.17) is 5.73 Å². The summed E-state index contributed by atoms with van der Waals surface area (Å²) in [6.45, 7) is 7.00. The van der Waals surface area contributed by atoms with Gasteiger partial charge in [-0.3, -0.25) is 4.99 Å². The Hall–Kier alpha value is -1.30. The van der Waals surface area contributed by atoms with Crippen LogP contribution in [-0.2, 0) is 0 Å². The molecule has 1 aromatic rings. The third-order valence-corrected chi connectivity index (χ3v) is 5.44. The zero-order valence-electron chi connectivity index (χ0n) is 12.8. The van der Waals surface area contributed by atoms with Crippen LogP contribution in [0.25, 0.3) is 0 Å². The zero-order valence-corrected chi connectivity index (χ0v) is 13.6. The Bertz CT molecular complexity index is 472. The summed E-state index contributed by atoms with van der Waals surface area (Å²) >= 11 is 1.70. The highest BCUT2D eigenvalue weighted by Gasteiger charge is 2.41. The molecule has 1 aliphatic carbocycles. The number of hydrogen-bond acceptors (Lipinski definition) is 4. The van der Waals surface area contributed by atoms with Crippen LogP contribution >= 0.6 is 11.3 Å². The van der Waals surface area contributed by atoms with Gasteiger partial charge in [-0.05, 0) is 24.7 Å². The number of nitrogens with two attached hydrogens (primary N) is 1. The minimum atomic E-state index is 0.488. The Balaban J connectivity index is 1.49. The molecule has 5 nitrogen and oxygen atoms in total. The molecule has 6 heteroatoms. The Labute approximate surface area is 130 Å². The molecule has 21 heavy (non-hydrogen) atoms. The summed E-state index contributed by atoms with van der Waals surface area (Å²) in [5.74, 6) is 0.733. The third kappa shape index (κ3) is 3.48. The summed E-state index contributed by atoms with van der Waals surface area (Å²) < 4.78 is 0. The van der Waals surface area contributed by atoms with Crippen LogP contribution in [0.2, 0.25) is 0 Å². The van der Waals surface area contributed by atoms with Gasteiger partial charge in [-0.2, -0.15) is 0 Å². The molecule has 3 rings (SSSR count). The number of anilines is 1. The molecule has 0 spiro atoms. The van der Waals surface area contributed by atoms with Crippen LogP contribution < -0.4 is 10.6 Å². The molecule has 116 valence electrons. The maximum Gasteiger partial charge on any atom is 0.191 e. The summed E-state index contributed by atoms with van der Waals surface area (Å²) in [7, 11) is 0. The quantitative estimate of drug-likeness (QED) is 0.669. The zero-order chi connectivity index (χ0) is 14.7. The van der Waals surface area contributed by atoms with Crippen molar-refractivity contribution < 1.29 is 0 Å². The monoisotopic (exact) mass is 307 g/mol. The molecule has 0 bridgehead atoms. The molecular formula is C15H25N5S. The van der Waals surface area contributed by atoms with Gasteiger partial charge in [0.2, 0.25) is 0 Å². The highest BCUT2D eigenvalue weighted by atomic mass is 32.1. The van der Waals surface area contributed by atoms with E-state index < -0.39 is 0 Å². The smallest absolute Gasteiger partial charge is 0.191 e. The second kappa shape index (κ2) is 6.22. The summed E-state index contributed by atoms with van der Waals surface area (Å²) in [5.41, 5.74) is 6.68. The summed E-state index contributed by atoms with van der Waals surface area (Å²) in [6.07, 6.45) is 7.07. The second-order valence-electron chi connectivity index (χ2n) is 6.21. The van der Waals surface area contributed by atoms with Crippen molar-refractivity contribution in [2.45, 2.75) is 32.6 Å². The van der Waals surface area contributed by atoms with Gasteiger partial charge in [0, 0.05) is 44.3 Å². The number of rotatable bonds is 5. The minimum absolute atomic E-state index is 0.488. The fourth-order valence-corrected chi connectivity index (χ4v) is 3.74. The summed E-state index contributed by atoms with van der Waals surface area (Å²) in [6, 6.07) is 0. The lowest BCUT2D eigenvalue weighted by atomic mass is 10.0. The Kier molecular flexibility index (Phi) is 4.33. The van der Waals surface area contributed by atoms with E-state index in [2.05, 4.69) is 26.7 Å². The molecule has 2 fully saturated rings. The van der Waals surface area contributed by atoms with E-state index in [0.29, 0.717) is 5.41 Å². The number of aliphatic imine (C=N–C) groups is 1. The van der Waals surface area contributed by atoms with Gasteiger partial charge in [-0.1, -0.05) is 13.3 Å². The van der Waals surface area contributed by atoms with E-state index in [1.54, 1.807) is 11.3 Å². The van der Waals surface area contributed by atoms with Crippen LogP contribution in [0.1, 0.15) is 32.6 Å². The highest BCUT2D eigenvalue weighted by Crippen LogP contribution is 2.49. The van der Waals surface area contributed by atoms with Gasteiger partial charge in [0.1, 0.15) is 0 Å². The van der Waals surface area contributed by atoms with Crippen LogP contribution in [0, 0.1) is 5.41 Å². The van der Waals surface area contributed by atoms with Crippen LogP contribution in [0.15, 0.2) is 16.6 Å². The number of hydrogen-bond donors (Lipinski definition) is 1. The lowest BCUT2D eigenvalue weighted by molar-refractivity contribution is 0.377. The standard InChI is InChI=1S/C15H25N5S/c1-2-3-15(4-5-15)12-18-13(16)19-7-9-20(10-8-19)14-17-6-11-21-14/h6,11H,2-5,7-10,12H2,1H3,(H2,16,18). The van der Waals surface area contributed by atoms with Crippen molar-refractivity contribution in [3.63, 3.8) is 0 Å². The summed E-state index contributed by atoms with van der Waals surface area (Å²) in [5, 5.41) is 3.14. The molecule has 1 saturated heterocycles. The molecule has 1 aliphatic heterocycles. The van der Waals surface area contributed by atoms with E-state index >= 15 is 0 Å². The third-order valence-electron chi connectivity index (χ3n) is 4.61. The largest absolute Gasteiger partial charge is 0.370 e. The Morgan fingerprint density at radius 3 is 2.71 bits per heavy atom. The van der Waals surface area contributed by atoms with Crippen molar-refractivity contribution in [3.05, 3.63) is 11.6 Å². The van der Waals surface area contributed by atoms with Gasteiger partial charge in [-0.25, -0.2) is 4.98 Å². The van der Waals surface area contributed by atoms with Gasteiger partial charge in [0.25, 0.3) is 0 Å². The van der Waals surface area contributed by atoms with Gasteiger partial charge in [-0.15, -0.1) is 11.3 Å². The Morgan fingerprint density at radius 2 is 2.14 bits per heavy atom. The highest BCUT2D eigenvalue weighted by molar-refractivity contribution is 7.13. The normalized spacial score (nSPS) is 21.7. The molecule has 0 atom stereocenters. The SMILES string of the molecule is CCCC1(CN=C(N)N2CCN(c3nccs3)CC2)CC1. The predicted molar refractivity (Wildman–Crippen MR) is 89.0 cm³/mol. The fraction of sp³-hybridized carbons (Fsp3) is 0.733. The number of nitrogens with zero attached hydrogens (tertiary/aromatic N) is 4. The molecule has 1 saturated carbocycles. The molecule has 2 N–H and O–H groups in total. The van der Waals surface area contributed by atoms with Crippen molar-refractivity contribution >= 4 is 22.4 Å². The minimum Gasteiger partial charge on any atom is -0.370 e. The first-order valence-corrected chi connectivity index (χ1v) is 8.80. The van der Waals surface area contributed by atoms with Crippen molar-refractivity contribution in [1.29, 1.82) is 0 Å². The van der Waals surface area contributed by atoms with Crippen LogP contribution in [0.5, 0.6) is 0 Å². The number of aromatic nitrogens is 1. The molecule has 0 unspecified atom stereocenters. The maximum absolute atomic E-state index is 6.19. The van der Waals surface area contributed by atoms with Crippen LogP contribution in [0.3, 0.4) is 0 Å². The lowest BCUT2D eigenvalue weighted by Crippen LogP contribution is -2.51. The van der Waals surface area contributed by atoms with E-state index in [-0.39, 0.29) is 0 Å². The van der Waals surface area contributed by atoms with Crippen LogP contribution in [0.4, 0.5) is 5.13 Å². The van der Waals surface area contributed by atoms with Crippen molar-refractivity contribution in [2.24, 2.45) is 16.1 Å². The van der Waals surface area contributed by atoms with E-state index in [9.17, 15) is 0 Å². The molecular weight excluding hydrogens is 282 g/mol. The first-order chi connectivity index (χ1) is 10.2. The average molecular weight is 307 g/mol. The molecule has 1 aromatic heterocycles. The molecule has 0 radical (unpaired) electrons. The van der Waals surface area contributed by atoms with E-state index in [1.165, 1.54) is 25.7 Å². The van der Waals surface area contributed by atoms with Gasteiger partial charge >= 0.3 is 0 Å². The van der Waals surface area contributed by atoms with Crippen molar-refractivity contribution in [3.8, 4) is 0 Å². The van der Waals surface area contributed by atoms with Crippen molar-refractivity contribution in [2.75, 3.05) is 37.6 Å². The first-order valence-electron chi connectivity index (χ1n) is 7.92. The lowest BCUT2D eigenvalue weighted by Gasteiger charge is -2.35. The van der Waals surface area contributed by atoms with Crippen molar-refractivity contribution in [1.82, 2.24) is 9.88 Å². The van der Waals surface area contributed by atoms with E-state index in [0.717, 1.165) is 43.8 Å². The fourth-order valence-electron chi connectivity index (χ4n) is 3.04. The predicted octanol–water partition coefficient (Wildman–Crippen LogP) is 2.16. The number of piperazine rings is 1. The van der Waals surface area contributed by atoms with Gasteiger partial charge < -0.3 is 15.5 Å². The molecule has 2 aliphatic rings. The molecule has 0 aromatic carbocycles. The number of guanidine groups is 1. The first kappa shape index (κ1) is 14.6. The molecule has 2 heterocycles. The summed E-state index contributed by atoms with van der Waals surface area (Å²) in [4.78, 5) is 13.6. The van der Waals surface area contributed by atoms with E-state index in [1.807, 2.05) is 11.6 Å². The molecule has 0 amide bonds.